The molecule has 0 amide bonds. The number of hydrogen-bond acceptors (Lipinski definition) is 3. The van der Waals surface area contributed by atoms with E-state index in [2.05, 4.69) is 0 Å². The van der Waals surface area contributed by atoms with E-state index < -0.39 is 8.60 Å². The van der Waals surface area contributed by atoms with E-state index in [9.17, 15) is 0 Å². The van der Waals surface area contributed by atoms with Crippen LogP contribution in [-0.2, 0) is 0 Å². The smallest absolute Gasteiger partial charge is 0.324 e. The van der Waals surface area contributed by atoms with Crippen LogP contribution in [-0.4, -0.2) is 14.7 Å². The van der Waals surface area contributed by atoms with Crippen molar-refractivity contribution >= 4 is 8.60 Å². The van der Waals surface area contributed by atoms with Crippen LogP contribution >= 0.6 is 8.60 Å². The third-order valence-corrected chi connectivity index (χ3v) is 0. The van der Waals surface area contributed by atoms with Gasteiger partial charge in [0.1, 0.15) is 0 Å². The molecule has 3 nitrogen and oxygen atoms in total. The van der Waals surface area contributed by atoms with E-state index in [1.807, 2.05) is 0 Å². The second kappa shape index (κ2) is 5.89. The van der Waals surface area contributed by atoms with Gasteiger partial charge < -0.3 is 14.7 Å². The molecule has 5 heteroatoms. The summed E-state index contributed by atoms with van der Waals surface area (Å²) in [5, 5.41) is 0. The molecule has 0 aromatic heterocycles. The average Bonchev–Trinajstić information content (AvgIpc) is 0.811. The van der Waals surface area contributed by atoms with Crippen LogP contribution in [0.25, 0.3) is 0 Å². The van der Waals surface area contributed by atoms with Gasteiger partial charge in [0, 0.05) is 49.4 Å². The molecule has 0 atom stereocenters. The molecule has 1 radical (unpaired) electrons. The van der Waals surface area contributed by atoms with Crippen molar-refractivity contribution in [3.63, 3.8) is 0 Å². The molecule has 0 rings (SSSR count). The second-order valence-electron chi connectivity index (χ2n) is 0.268. The van der Waals surface area contributed by atoms with Gasteiger partial charge in [-0.3, -0.25) is 0 Å². The van der Waals surface area contributed by atoms with Crippen molar-refractivity contribution in [1.29, 1.82) is 0 Å². The number of rotatable bonds is 0. The van der Waals surface area contributed by atoms with Gasteiger partial charge in [0.15, 0.2) is 0 Å². The second-order valence-corrected chi connectivity index (χ2v) is 0.805. The zero-order chi connectivity index (χ0) is 3.58. The first-order valence-electron chi connectivity index (χ1n) is 0.600. The minimum absolute atomic E-state index is 0. The minimum atomic E-state index is -2.62. The molecular formula is H3EuO3P. The Kier molecular flexibility index (Phi) is 11.8. The number of hydrogen-bond donors (Lipinski definition) is 3. The van der Waals surface area contributed by atoms with Crippen molar-refractivity contribution in [3.05, 3.63) is 0 Å². The summed E-state index contributed by atoms with van der Waals surface area (Å²) in [5.41, 5.74) is 0. The van der Waals surface area contributed by atoms with Gasteiger partial charge >= 0.3 is 8.60 Å². The Hall–Kier alpha value is 1.89. The van der Waals surface area contributed by atoms with Crippen molar-refractivity contribution < 1.29 is 64.1 Å². The molecule has 0 unspecified atom stereocenters. The van der Waals surface area contributed by atoms with Gasteiger partial charge in [0.2, 0.25) is 0 Å². The molecule has 3 N–H and O–H groups in total. The zero-order valence-corrected chi connectivity index (χ0v) is 5.49. The van der Waals surface area contributed by atoms with Gasteiger partial charge in [-0.05, 0) is 0 Å². The van der Waals surface area contributed by atoms with Crippen molar-refractivity contribution in [2.24, 2.45) is 0 Å². The van der Waals surface area contributed by atoms with E-state index in [1.165, 1.54) is 0 Å². The Balaban J connectivity index is 0. The molecule has 0 bridgehead atoms. The van der Waals surface area contributed by atoms with Gasteiger partial charge in [-0.1, -0.05) is 0 Å². The first-order chi connectivity index (χ1) is 1.73. The van der Waals surface area contributed by atoms with Crippen LogP contribution in [0.3, 0.4) is 0 Å². The Bertz CT molecular complexity index is 11.6. The van der Waals surface area contributed by atoms with E-state index in [-0.39, 0.29) is 49.4 Å². The van der Waals surface area contributed by atoms with Gasteiger partial charge in [-0.2, -0.15) is 0 Å². The third-order valence-electron chi connectivity index (χ3n) is 0. The Morgan fingerprint density at radius 2 is 1.00 bits per heavy atom. The van der Waals surface area contributed by atoms with Crippen LogP contribution in [0.5, 0.6) is 0 Å². The zero-order valence-electron chi connectivity index (χ0n) is 2.17. The molecular weight excluding hydrogens is 231 g/mol. The molecule has 5 heavy (non-hydrogen) atoms. The maximum Gasteiger partial charge on any atom is 0.324 e. The van der Waals surface area contributed by atoms with Crippen LogP contribution in [0, 0.1) is 49.4 Å². The topological polar surface area (TPSA) is 60.7 Å². The van der Waals surface area contributed by atoms with Crippen LogP contribution in [0.4, 0.5) is 0 Å². The first kappa shape index (κ1) is 10.00. The molecule has 0 aliphatic carbocycles. The normalized spacial score (nSPS) is 7.20. The predicted octanol–water partition coefficient (Wildman–Crippen LogP) is -0.810. The predicted molar refractivity (Wildman–Crippen MR) is 13.6 cm³/mol. The van der Waals surface area contributed by atoms with Gasteiger partial charge in [0.25, 0.3) is 0 Å². The molecule has 0 aromatic carbocycles. The van der Waals surface area contributed by atoms with Crippen LogP contribution in [0.1, 0.15) is 0 Å². The SMILES string of the molecule is OP(O)O.[Eu]. The molecule has 0 saturated heterocycles. The van der Waals surface area contributed by atoms with Gasteiger partial charge in [0.05, 0.1) is 0 Å². The van der Waals surface area contributed by atoms with E-state index in [1.54, 1.807) is 0 Å². The molecule has 33 valence electrons. The van der Waals surface area contributed by atoms with E-state index >= 15 is 0 Å². The van der Waals surface area contributed by atoms with E-state index in [4.69, 9.17) is 14.7 Å². The summed E-state index contributed by atoms with van der Waals surface area (Å²) in [4.78, 5) is 21.7. The van der Waals surface area contributed by atoms with Crippen molar-refractivity contribution in [1.82, 2.24) is 0 Å². The van der Waals surface area contributed by atoms with Crippen molar-refractivity contribution in [2.45, 2.75) is 0 Å². The molecule has 0 fully saturated rings. The van der Waals surface area contributed by atoms with Crippen LogP contribution in [0.2, 0.25) is 0 Å². The Labute approximate surface area is 71.6 Å². The Morgan fingerprint density at radius 1 is 1.00 bits per heavy atom. The molecule has 0 heterocycles. The van der Waals surface area contributed by atoms with Crippen molar-refractivity contribution in [3.8, 4) is 0 Å². The summed E-state index contributed by atoms with van der Waals surface area (Å²) in [6.45, 7) is 0. The Morgan fingerprint density at radius 3 is 1.00 bits per heavy atom. The first-order valence-corrected chi connectivity index (χ1v) is 1.80. The monoisotopic (exact) mass is 235 g/mol. The largest absolute Gasteiger partial charge is 0.328 e. The fraction of sp³-hybridized carbons (Fsp3) is 0. The summed E-state index contributed by atoms with van der Waals surface area (Å²) < 4.78 is 0. The van der Waals surface area contributed by atoms with E-state index in [0.717, 1.165) is 0 Å². The van der Waals surface area contributed by atoms with Crippen LogP contribution < -0.4 is 0 Å². The summed E-state index contributed by atoms with van der Waals surface area (Å²) in [6.07, 6.45) is 0. The molecule has 0 aliphatic rings. The molecule has 0 saturated carbocycles. The average molecular weight is 234 g/mol. The summed E-state index contributed by atoms with van der Waals surface area (Å²) in [5.74, 6) is 0. The summed E-state index contributed by atoms with van der Waals surface area (Å²) >= 11 is 0. The standard InChI is InChI=1S/Eu.H3O3P/c;1-4(2)3/h;1-3H. The summed E-state index contributed by atoms with van der Waals surface area (Å²) in [6, 6.07) is 0. The molecule has 0 aliphatic heterocycles. The quantitative estimate of drug-likeness (QED) is 0.480. The van der Waals surface area contributed by atoms with Gasteiger partial charge in [-0.25, -0.2) is 0 Å². The fourth-order valence-electron chi connectivity index (χ4n) is 0. The molecule has 0 aromatic rings. The minimum Gasteiger partial charge on any atom is -0.328 e. The van der Waals surface area contributed by atoms with Gasteiger partial charge in [-0.15, -0.1) is 0 Å². The fourth-order valence-corrected chi connectivity index (χ4v) is 0. The maximum absolute atomic E-state index is 7.23. The molecule has 0 spiro atoms. The third kappa shape index (κ3) is 24.9. The maximum atomic E-state index is 7.23. The van der Waals surface area contributed by atoms with Crippen molar-refractivity contribution in [2.75, 3.05) is 0 Å². The van der Waals surface area contributed by atoms with Crippen LogP contribution in [0.15, 0.2) is 0 Å². The van der Waals surface area contributed by atoms with E-state index in [0.29, 0.717) is 0 Å². The summed E-state index contributed by atoms with van der Waals surface area (Å²) in [7, 11) is -2.62.